The van der Waals surface area contributed by atoms with Crippen LogP contribution in [-0.2, 0) is 12.0 Å². The van der Waals surface area contributed by atoms with E-state index in [9.17, 15) is 19.0 Å². The largest absolute Gasteiger partial charge is 0.506 e. The molecule has 8 nitrogen and oxygen atoms in total. The minimum Gasteiger partial charge on any atom is -0.506 e. The molecule has 4 N–H and O–H groups in total. The highest BCUT2D eigenvalue weighted by Crippen LogP contribution is 2.56. The van der Waals surface area contributed by atoms with Crippen LogP contribution < -0.4 is 10.9 Å². The van der Waals surface area contributed by atoms with Crippen LogP contribution in [0.25, 0.3) is 11.0 Å². The third-order valence-corrected chi connectivity index (χ3v) is 7.39. The molecule has 180 valence electrons. The lowest BCUT2D eigenvalue weighted by atomic mass is 9.87. The van der Waals surface area contributed by atoms with Gasteiger partial charge in [0.15, 0.2) is 5.84 Å². The van der Waals surface area contributed by atoms with Crippen LogP contribution in [-0.4, -0.2) is 29.6 Å². The van der Waals surface area contributed by atoms with Gasteiger partial charge in [-0.05, 0) is 40.8 Å². The summed E-state index contributed by atoms with van der Waals surface area (Å²) >= 11 is 0. The summed E-state index contributed by atoms with van der Waals surface area (Å²) in [7, 11) is -3.63. The van der Waals surface area contributed by atoms with Crippen molar-refractivity contribution in [2.45, 2.75) is 37.6 Å². The van der Waals surface area contributed by atoms with E-state index in [-0.39, 0.29) is 34.0 Å². The summed E-state index contributed by atoms with van der Waals surface area (Å²) in [5.41, 5.74) is 1.63. The van der Waals surface area contributed by atoms with Crippen LogP contribution >= 0.6 is 10.8 Å². The average molecular weight is 491 g/mol. The molecule has 0 atom stereocenters. The fraction of sp³-hybridized carbons (Fsp3) is 0.192. The van der Waals surface area contributed by atoms with Gasteiger partial charge in [-0.2, -0.15) is 0 Å². The van der Waals surface area contributed by atoms with Crippen molar-refractivity contribution in [3.8, 4) is 5.75 Å². The fourth-order valence-electron chi connectivity index (χ4n) is 4.14. The molecule has 0 saturated heterocycles. The molecule has 0 bridgehead atoms. The number of nitrogens with zero attached hydrogens (tertiary/aromatic N) is 3. The van der Waals surface area contributed by atoms with Crippen molar-refractivity contribution >= 4 is 33.3 Å². The van der Waals surface area contributed by atoms with Crippen molar-refractivity contribution in [3.05, 3.63) is 93.9 Å². The van der Waals surface area contributed by atoms with E-state index in [1.165, 1.54) is 4.57 Å². The van der Waals surface area contributed by atoms with Crippen LogP contribution in [0.5, 0.6) is 5.75 Å². The van der Waals surface area contributed by atoms with E-state index < -0.39 is 16.3 Å². The van der Waals surface area contributed by atoms with E-state index >= 15 is 0 Å². The van der Waals surface area contributed by atoms with Gasteiger partial charge in [-0.3, -0.25) is 18.5 Å². The summed E-state index contributed by atoms with van der Waals surface area (Å²) in [5, 5.41) is 14.5. The smallest absolute Gasteiger partial charge is 0.267 e. The number of hydrogen-bond acceptors (Lipinski definition) is 7. The van der Waals surface area contributed by atoms with Crippen LogP contribution in [0.15, 0.2) is 80.9 Å². The van der Waals surface area contributed by atoms with Gasteiger partial charge in [0.1, 0.15) is 21.9 Å². The highest BCUT2D eigenvalue weighted by Gasteiger charge is 2.31. The first-order valence-electron chi connectivity index (χ1n) is 11.1. The van der Waals surface area contributed by atoms with Crippen LogP contribution in [0.2, 0.25) is 0 Å². The molecule has 3 heterocycles. The Bertz CT molecular complexity index is 1540. The Morgan fingerprint density at radius 1 is 1.03 bits per heavy atom. The first-order valence-corrected chi connectivity index (χ1v) is 12.6. The first kappa shape index (κ1) is 23.1. The minimum absolute atomic E-state index is 0.101. The van der Waals surface area contributed by atoms with Gasteiger partial charge in [-0.15, -0.1) is 4.40 Å². The third-order valence-electron chi connectivity index (χ3n) is 6.03. The fourth-order valence-corrected chi connectivity index (χ4v) is 5.33. The number of pyridine rings is 2. The molecule has 0 amide bonds. The molecule has 0 radical (unpaired) electrons. The summed E-state index contributed by atoms with van der Waals surface area (Å²) in [4.78, 5) is 18.3. The van der Waals surface area contributed by atoms with Crippen LogP contribution in [0.1, 0.15) is 37.5 Å². The van der Waals surface area contributed by atoms with Crippen LogP contribution in [0.4, 0.5) is 5.69 Å². The Morgan fingerprint density at radius 3 is 2.49 bits per heavy atom. The normalized spacial score (nSPS) is 15.7. The maximum absolute atomic E-state index is 13.7. The zero-order valence-electron chi connectivity index (χ0n) is 19.6. The van der Waals surface area contributed by atoms with E-state index in [2.05, 4.69) is 14.7 Å². The van der Waals surface area contributed by atoms with E-state index in [1.54, 1.807) is 30.5 Å². The monoisotopic (exact) mass is 490 g/mol. The number of fused-ring (bicyclic) bond motifs is 2. The summed E-state index contributed by atoms with van der Waals surface area (Å²) < 4.78 is 27.5. The summed E-state index contributed by atoms with van der Waals surface area (Å²) in [6, 6.07) is 18.1. The van der Waals surface area contributed by atoms with Gasteiger partial charge in [-0.1, -0.05) is 67.9 Å². The van der Waals surface area contributed by atoms with E-state index in [0.29, 0.717) is 16.7 Å². The lowest BCUT2D eigenvalue weighted by molar-refractivity contribution is 0.477. The molecule has 1 aliphatic heterocycles. The molecule has 0 fully saturated rings. The second-order valence-corrected chi connectivity index (χ2v) is 11.2. The molecular formula is C26H26N4O4S. The van der Waals surface area contributed by atoms with Gasteiger partial charge in [-0.25, -0.2) is 4.98 Å². The van der Waals surface area contributed by atoms with Gasteiger partial charge >= 0.3 is 0 Å². The Hall–Kier alpha value is -3.66. The predicted molar refractivity (Wildman–Crippen MR) is 140 cm³/mol. The van der Waals surface area contributed by atoms with E-state index in [0.717, 1.165) is 11.1 Å². The maximum atomic E-state index is 13.7. The van der Waals surface area contributed by atoms with Crippen molar-refractivity contribution in [1.82, 2.24) is 9.55 Å². The lowest BCUT2D eigenvalue weighted by Gasteiger charge is -2.35. The van der Waals surface area contributed by atoms with Gasteiger partial charge in [0, 0.05) is 6.20 Å². The molecule has 9 heteroatoms. The second kappa shape index (κ2) is 8.23. The van der Waals surface area contributed by atoms with Gasteiger partial charge in [0.05, 0.1) is 17.6 Å². The number of amidine groups is 1. The molecule has 0 spiro atoms. The summed E-state index contributed by atoms with van der Waals surface area (Å²) in [6.45, 7) is 6.31. The quantitative estimate of drug-likeness (QED) is 0.308. The van der Waals surface area contributed by atoms with Crippen molar-refractivity contribution in [2.75, 3.05) is 5.32 Å². The Balaban J connectivity index is 1.70. The van der Waals surface area contributed by atoms with E-state index in [4.69, 9.17) is 0 Å². The molecule has 0 aliphatic carbocycles. The molecule has 2 aromatic heterocycles. The SMILES string of the molecule is CC(C)(C)c1ccc2c(c1)S(O)(O)N=C(c1c(O)c3cccnc3n(Cc3ccccc3)c1=O)N2. The zero-order chi connectivity index (χ0) is 25.0. The van der Waals surface area contributed by atoms with Crippen molar-refractivity contribution < 1.29 is 14.2 Å². The highest BCUT2D eigenvalue weighted by molar-refractivity contribution is 8.23. The highest BCUT2D eigenvalue weighted by atomic mass is 32.3. The van der Waals surface area contributed by atoms with E-state index in [1.807, 2.05) is 57.2 Å². The number of nitrogens with one attached hydrogen (secondary N) is 1. The van der Waals surface area contributed by atoms with Crippen molar-refractivity contribution in [2.24, 2.45) is 4.40 Å². The molecular weight excluding hydrogens is 464 g/mol. The maximum Gasteiger partial charge on any atom is 0.267 e. The molecule has 1 aliphatic rings. The Morgan fingerprint density at radius 2 is 1.77 bits per heavy atom. The Kier molecular flexibility index (Phi) is 5.43. The number of anilines is 1. The predicted octanol–water partition coefficient (Wildman–Crippen LogP) is 5.34. The Labute approximate surface area is 204 Å². The average Bonchev–Trinajstić information content (AvgIpc) is 2.81. The number of benzene rings is 2. The molecule has 35 heavy (non-hydrogen) atoms. The second-order valence-electron chi connectivity index (χ2n) is 9.52. The molecule has 0 unspecified atom stereocenters. The topological polar surface area (TPSA) is 120 Å². The first-order chi connectivity index (χ1) is 16.6. The number of aromatic nitrogens is 2. The summed E-state index contributed by atoms with van der Waals surface area (Å²) in [6.07, 6.45) is 1.55. The number of aromatic hydroxyl groups is 1. The van der Waals surface area contributed by atoms with Crippen molar-refractivity contribution in [3.63, 3.8) is 0 Å². The van der Waals surface area contributed by atoms with Crippen LogP contribution in [0.3, 0.4) is 0 Å². The van der Waals surface area contributed by atoms with Gasteiger partial charge < -0.3 is 10.4 Å². The molecule has 4 aromatic rings. The van der Waals surface area contributed by atoms with Gasteiger partial charge in [0.25, 0.3) is 5.56 Å². The lowest BCUT2D eigenvalue weighted by Crippen LogP contribution is -2.32. The number of rotatable bonds is 3. The molecule has 5 rings (SSSR count). The van der Waals surface area contributed by atoms with Crippen LogP contribution in [0, 0.1) is 0 Å². The summed E-state index contributed by atoms with van der Waals surface area (Å²) in [5.74, 6) is -0.422. The third kappa shape index (κ3) is 4.07. The zero-order valence-corrected chi connectivity index (χ0v) is 20.4. The molecule has 2 aromatic carbocycles. The minimum atomic E-state index is -3.63. The standard InChI is InChI=1S/C26H26N4O4S/c1-26(2,3)17-11-12-19-20(14-17)35(33,34)29-23(28-19)21-22(31)18-10-7-13-27-24(18)30(25(21)32)15-16-8-5-4-6-9-16/h4-14,31,33-34H,15H2,1-3H3,(H,28,29). The van der Waals surface area contributed by atoms with Crippen molar-refractivity contribution in [1.29, 1.82) is 0 Å². The number of hydrogen-bond donors (Lipinski definition) is 4. The van der Waals surface area contributed by atoms with Gasteiger partial charge in [0.2, 0.25) is 0 Å². The molecule has 0 saturated carbocycles.